The van der Waals surface area contributed by atoms with Gasteiger partial charge in [0.15, 0.2) is 6.29 Å². The van der Waals surface area contributed by atoms with E-state index in [0.29, 0.717) is 31.1 Å². The Labute approximate surface area is 245 Å². The molecule has 4 atom stereocenters. The molecule has 0 saturated carbocycles. The van der Waals surface area contributed by atoms with Gasteiger partial charge in [0.1, 0.15) is 16.8 Å². The average Bonchev–Trinajstić information content (AvgIpc) is 2.94. The first kappa shape index (κ1) is 31.0. The van der Waals surface area contributed by atoms with Crippen molar-refractivity contribution >= 4 is 23.0 Å². The first-order chi connectivity index (χ1) is 19.6. The Bertz CT molecular complexity index is 1330. The first-order valence-electron chi connectivity index (χ1n) is 14.0. The second-order valence-corrected chi connectivity index (χ2v) is 12.2. The number of halogens is 1. The Morgan fingerprint density at radius 3 is 2.41 bits per heavy atom. The Balaban J connectivity index is 1.68. The molecule has 0 N–H and O–H groups in total. The van der Waals surface area contributed by atoms with Crippen LogP contribution in [0.5, 0.6) is 0 Å². The summed E-state index contributed by atoms with van der Waals surface area (Å²) in [6.45, 7) is 8.61. The first-order valence-corrected chi connectivity index (χ1v) is 15.5. The van der Waals surface area contributed by atoms with Crippen LogP contribution in [0.2, 0.25) is 0 Å². The third kappa shape index (κ3) is 8.52. The number of nitrogens with zero attached hydrogens (tertiary/aromatic N) is 3. The van der Waals surface area contributed by atoms with Gasteiger partial charge in [-0.2, -0.15) is 0 Å². The highest BCUT2D eigenvalue weighted by Gasteiger charge is 2.30. The summed E-state index contributed by atoms with van der Waals surface area (Å²) in [6, 6.07) is 16.3. The molecule has 0 bridgehead atoms. The molecule has 1 saturated heterocycles. The summed E-state index contributed by atoms with van der Waals surface area (Å²) in [7, 11) is 0.382. The molecular formula is C32H40FN3O4S. The quantitative estimate of drug-likeness (QED) is 0.252. The predicted octanol–water partition coefficient (Wildman–Crippen LogP) is 6.66. The van der Waals surface area contributed by atoms with Gasteiger partial charge in [-0.25, -0.2) is 18.6 Å². The number of ether oxygens (including phenoxy) is 3. The molecule has 0 amide bonds. The Hall–Kier alpha value is -2.98. The Morgan fingerprint density at radius 2 is 1.78 bits per heavy atom. The SMILES string of the molecule is CC(C)OC1C[C@H](OCc2ccccc2)C[C@@H](/C=C/c2c(-c3ccc(F)cc3)nc(N(C)S(C)=O)nc2C(C)C)O1. The minimum Gasteiger partial charge on any atom is -0.373 e. The van der Waals surface area contributed by atoms with Gasteiger partial charge in [0.25, 0.3) is 0 Å². The number of aromatic nitrogens is 2. The van der Waals surface area contributed by atoms with Crippen molar-refractivity contribution in [2.24, 2.45) is 0 Å². The molecule has 0 spiro atoms. The van der Waals surface area contributed by atoms with E-state index in [-0.39, 0.29) is 30.0 Å². The van der Waals surface area contributed by atoms with Crippen molar-refractivity contribution in [3.63, 3.8) is 0 Å². The number of anilines is 1. The van der Waals surface area contributed by atoms with E-state index in [4.69, 9.17) is 24.2 Å². The zero-order chi connectivity index (χ0) is 29.5. The van der Waals surface area contributed by atoms with Gasteiger partial charge in [0.2, 0.25) is 5.95 Å². The van der Waals surface area contributed by atoms with E-state index in [0.717, 1.165) is 22.4 Å². The zero-order valence-corrected chi connectivity index (χ0v) is 25.4. The van der Waals surface area contributed by atoms with Gasteiger partial charge in [-0.3, -0.25) is 4.31 Å². The highest BCUT2D eigenvalue weighted by molar-refractivity contribution is 7.85. The molecule has 0 radical (unpaired) electrons. The maximum Gasteiger partial charge on any atom is 0.237 e. The molecule has 220 valence electrons. The number of hydrogen-bond acceptors (Lipinski definition) is 6. The van der Waals surface area contributed by atoms with Crippen LogP contribution >= 0.6 is 0 Å². The van der Waals surface area contributed by atoms with Crippen molar-refractivity contribution in [1.82, 2.24) is 9.97 Å². The molecule has 3 aromatic rings. The summed E-state index contributed by atoms with van der Waals surface area (Å²) in [5.41, 5.74) is 4.10. The lowest BCUT2D eigenvalue weighted by Crippen LogP contribution is -2.38. The molecule has 2 unspecified atom stereocenters. The van der Waals surface area contributed by atoms with Crippen LogP contribution in [-0.4, -0.2) is 52.1 Å². The lowest BCUT2D eigenvalue weighted by Gasteiger charge is -2.35. The van der Waals surface area contributed by atoms with Crippen molar-refractivity contribution in [2.75, 3.05) is 17.6 Å². The van der Waals surface area contributed by atoms with Gasteiger partial charge < -0.3 is 14.2 Å². The normalized spacial score (nSPS) is 20.2. The van der Waals surface area contributed by atoms with Gasteiger partial charge in [-0.05, 0) is 49.6 Å². The van der Waals surface area contributed by atoms with E-state index < -0.39 is 17.3 Å². The Morgan fingerprint density at radius 1 is 1.07 bits per heavy atom. The highest BCUT2D eigenvalue weighted by Crippen LogP contribution is 2.33. The second kappa shape index (κ2) is 14.3. The maximum atomic E-state index is 13.8. The Kier molecular flexibility index (Phi) is 10.8. The maximum absolute atomic E-state index is 13.8. The molecular weight excluding hydrogens is 541 g/mol. The lowest BCUT2D eigenvalue weighted by atomic mass is 9.96. The molecule has 4 rings (SSSR count). The van der Waals surface area contributed by atoms with Crippen LogP contribution in [0.15, 0.2) is 60.7 Å². The van der Waals surface area contributed by atoms with E-state index in [1.165, 1.54) is 16.4 Å². The van der Waals surface area contributed by atoms with Crippen LogP contribution in [0.25, 0.3) is 17.3 Å². The van der Waals surface area contributed by atoms with Gasteiger partial charge >= 0.3 is 0 Å². The van der Waals surface area contributed by atoms with Gasteiger partial charge in [-0.1, -0.05) is 56.3 Å². The largest absolute Gasteiger partial charge is 0.373 e. The second-order valence-electron chi connectivity index (χ2n) is 10.8. The molecule has 0 aliphatic carbocycles. The van der Waals surface area contributed by atoms with Crippen molar-refractivity contribution < 1.29 is 22.8 Å². The topological polar surface area (TPSA) is 73.8 Å². The molecule has 7 nitrogen and oxygen atoms in total. The number of rotatable bonds is 11. The monoisotopic (exact) mass is 581 g/mol. The predicted molar refractivity (Wildman–Crippen MR) is 162 cm³/mol. The number of benzene rings is 2. The highest BCUT2D eigenvalue weighted by atomic mass is 32.2. The van der Waals surface area contributed by atoms with E-state index in [1.54, 1.807) is 25.4 Å². The van der Waals surface area contributed by atoms with Gasteiger partial charge in [-0.15, -0.1) is 0 Å². The van der Waals surface area contributed by atoms with E-state index in [9.17, 15) is 8.60 Å². The third-order valence-corrected chi connectivity index (χ3v) is 7.74. The lowest BCUT2D eigenvalue weighted by molar-refractivity contribution is -0.225. The third-order valence-electron chi connectivity index (χ3n) is 6.80. The zero-order valence-electron chi connectivity index (χ0n) is 24.6. The van der Waals surface area contributed by atoms with Crippen LogP contribution in [-0.2, 0) is 31.8 Å². The molecule has 2 aromatic carbocycles. The van der Waals surface area contributed by atoms with Crippen molar-refractivity contribution in [1.29, 1.82) is 0 Å². The molecule has 1 aliphatic rings. The van der Waals surface area contributed by atoms with Gasteiger partial charge in [0.05, 0.1) is 36.3 Å². The van der Waals surface area contributed by atoms with Crippen LogP contribution < -0.4 is 4.31 Å². The minimum absolute atomic E-state index is 0.0113. The fraction of sp³-hybridized carbons (Fsp3) is 0.438. The summed E-state index contributed by atoms with van der Waals surface area (Å²) in [4.78, 5) is 9.59. The summed E-state index contributed by atoms with van der Waals surface area (Å²) >= 11 is 0. The standard InChI is InChI=1S/C32H40FN3O4S/c1-21(2)30-28(31(24-12-14-25(33)15-13-24)35-32(34-30)36(5)41(6)37)17-16-26-18-27(19-29(40-26)39-22(3)4)38-20-23-10-8-7-9-11-23/h7-17,21-22,26-27,29H,18-20H2,1-6H3/b17-16+/t26-,27-,29?,41?/m1/s1. The average molecular weight is 582 g/mol. The van der Waals surface area contributed by atoms with E-state index in [2.05, 4.69) is 26.0 Å². The fourth-order valence-corrected chi connectivity index (χ4v) is 4.99. The van der Waals surface area contributed by atoms with Gasteiger partial charge in [0, 0.05) is 37.3 Å². The molecule has 2 heterocycles. The molecule has 1 fully saturated rings. The molecule has 41 heavy (non-hydrogen) atoms. The summed E-state index contributed by atoms with van der Waals surface area (Å²) < 4.78 is 46.3. The smallest absolute Gasteiger partial charge is 0.237 e. The van der Waals surface area contributed by atoms with Crippen LogP contribution in [0.4, 0.5) is 10.3 Å². The minimum atomic E-state index is -1.31. The van der Waals surface area contributed by atoms with Crippen LogP contribution in [0, 0.1) is 5.82 Å². The van der Waals surface area contributed by atoms with E-state index >= 15 is 0 Å². The summed E-state index contributed by atoms with van der Waals surface area (Å²) in [6.07, 6.45) is 6.19. The fourth-order valence-electron chi connectivity index (χ4n) is 4.68. The molecule has 9 heteroatoms. The summed E-state index contributed by atoms with van der Waals surface area (Å²) in [5.74, 6) is 0.0598. The van der Waals surface area contributed by atoms with Crippen molar-refractivity contribution in [3.8, 4) is 11.3 Å². The number of hydrogen-bond donors (Lipinski definition) is 0. The van der Waals surface area contributed by atoms with Crippen molar-refractivity contribution in [3.05, 3.63) is 83.3 Å². The van der Waals surface area contributed by atoms with Crippen molar-refractivity contribution in [2.45, 2.75) is 77.7 Å². The van der Waals surface area contributed by atoms with Crippen LogP contribution in [0.3, 0.4) is 0 Å². The summed E-state index contributed by atoms with van der Waals surface area (Å²) in [5, 5.41) is 0. The van der Waals surface area contributed by atoms with E-state index in [1.807, 2.05) is 44.2 Å². The molecule has 1 aliphatic heterocycles. The van der Waals surface area contributed by atoms with Crippen LogP contribution in [0.1, 0.15) is 63.3 Å². The molecule has 1 aromatic heterocycles.